The van der Waals surface area contributed by atoms with Gasteiger partial charge in [0.05, 0.1) is 11.3 Å². The smallest absolute Gasteiger partial charge is 0.336 e. The average molecular weight is 229 g/mol. The van der Waals surface area contributed by atoms with E-state index in [-0.39, 0.29) is 5.56 Å². The molecule has 0 radical (unpaired) electrons. The molecule has 0 fully saturated rings. The fourth-order valence-corrected chi connectivity index (χ4v) is 1.92. The first-order valence-electron chi connectivity index (χ1n) is 5.11. The van der Waals surface area contributed by atoms with Crippen LogP contribution >= 0.6 is 0 Å². The van der Waals surface area contributed by atoms with Crippen LogP contribution in [0.3, 0.4) is 0 Å². The second kappa shape index (κ2) is 4.25. The Morgan fingerprint density at radius 1 is 1.35 bits per heavy atom. The lowest BCUT2D eigenvalue weighted by Gasteiger charge is -2.11. The van der Waals surface area contributed by atoms with E-state index in [1.807, 2.05) is 24.3 Å². The molecular formula is C13H11NO3. The van der Waals surface area contributed by atoms with Crippen LogP contribution in [0.4, 0.5) is 5.69 Å². The molecule has 1 amide bonds. The third-order valence-corrected chi connectivity index (χ3v) is 2.74. The molecule has 4 heteroatoms. The van der Waals surface area contributed by atoms with E-state index in [0.29, 0.717) is 17.7 Å². The lowest BCUT2D eigenvalue weighted by atomic mass is 9.99. The van der Waals surface area contributed by atoms with Crippen molar-refractivity contribution in [2.45, 2.75) is 6.92 Å². The van der Waals surface area contributed by atoms with Gasteiger partial charge in [0.15, 0.2) is 0 Å². The molecule has 0 bridgehead atoms. The van der Waals surface area contributed by atoms with E-state index in [9.17, 15) is 9.59 Å². The van der Waals surface area contributed by atoms with E-state index in [0.717, 1.165) is 10.8 Å². The maximum Gasteiger partial charge on any atom is 0.336 e. The largest absolute Gasteiger partial charge is 0.478 e. The zero-order valence-corrected chi connectivity index (χ0v) is 9.23. The van der Waals surface area contributed by atoms with Gasteiger partial charge in [0.2, 0.25) is 6.41 Å². The second-order valence-electron chi connectivity index (χ2n) is 3.71. The number of nitrogens with one attached hydrogen (secondary N) is 1. The summed E-state index contributed by atoms with van der Waals surface area (Å²) >= 11 is 0. The molecule has 2 N–H and O–H groups in total. The Morgan fingerprint density at radius 2 is 2.06 bits per heavy atom. The van der Waals surface area contributed by atoms with E-state index >= 15 is 0 Å². The summed E-state index contributed by atoms with van der Waals surface area (Å²) in [6.45, 7) is 1.68. The van der Waals surface area contributed by atoms with Gasteiger partial charge < -0.3 is 10.4 Å². The van der Waals surface area contributed by atoms with Gasteiger partial charge in [-0.1, -0.05) is 24.3 Å². The molecule has 0 atom stereocenters. The molecule has 17 heavy (non-hydrogen) atoms. The number of carboxylic acids is 1. The van der Waals surface area contributed by atoms with E-state index in [4.69, 9.17) is 5.11 Å². The highest BCUT2D eigenvalue weighted by molar-refractivity contribution is 6.05. The Balaban J connectivity index is 2.84. The summed E-state index contributed by atoms with van der Waals surface area (Å²) in [6.07, 6.45) is 0.556. The first-order valence-corrected chi connectivity index (χ1v) is 5.11. The predicted molar refractivity (Wildman–Crippen MR) is 65.3 cm³/mol. The molecule has 86 valence electrons. The highest BCUT2D eigenvalue weighted by Crippen LogP contribution is 2.29. The van der Waals surface area contributed by atoms with Gasteiger partial charge in [-0.15, -0.1) is 0 Å². The predicted octanol–water partition coefficient (Wildman–Crippen LogP) is 2.41. The van der Waals surface area contributed by atoms with Crippen molar-refractivity contribution in [2.75, 3.05) is 5.32 Å². The Morgan fingerprint density at radius 3 is 2.71 bits per heavy atom. The van der Waals surface area contributed by atoms with Crippen LogP contribution in [-0.4, -0.2) is 17.5 Å². The fraction of sp³-hybridized carbons (Fsp3) is 0.0769. The minimum atomic E-state index is -0.998. The quantitative estimate of drug-likeness (QED) is 0.794. The van der Waals surface area contributed by atoms with Crippen molar-refractivity contribution in [3.63, 3.8) is 0 Å². The number of carbonyl (C=O) groups is 2. The molecule has 2 aromatic rings. The van der Waals surface area contributed by atoms with Gasteiger partial charge in [-0.05, 0) is 23.9 Å². The highest BCUT2D eigenvalue weighted by Gasteiger charge is 2.13. The zero-order valence-electron chi connectivity index (χ0n) is 9.23. The van der Waals surface area contributed by atoms with E-state index in [1.54, 1.807) is 13.0 Å². The fourth-order valence-electron chi connectivity index (χ4n) is 1.92. The lowest BCUT2D eigenvalue weighted by molar-refractivity contribution is -0.105. The maximum atomic E-state index is 11.1. The highest BCUT2D eigenvalue weighted by atomic mass is 16.4. The first kappa shape index (κ1) is 11.1. The van der Waals surface area contributed by atoms with Crippen LogP contribution < -0.4 is 5.32 Å². The number of amides is 1. The van der Waals surface area contributed by atoms with Crippen molar-refractivity contribution in [1.29, 1.82) is 0 Å². The number of hydrogen-bond acceptors (Lipinski definition) is 2. The van der Waals surface area contributed by atoms with Crippen LogP contribution in [0.2, 0.25) is 0 Å². The van der Waals surface area contributed by atoms with Crippen LogP contribution in [0.15, 0.2) is 30.3 Å². The molecule has 0 unspecified atom stereocenters. The Labute approximate surface area is 97.9 Å². The van der Waals surface area contributed by atoms with Crippen molar-refractivity contribution in [1.82, 2.24) is 0 Å². The summed E-state index contributed by atoms with van der Waals surface area (Å²) in [7, 11) is 0. The number of carboxylic acid groups (broad SMARTS) is 1. The lowest BCUT2D eigenvalue weighted by Crippen LogP contribution is -2.05. The molecule has 2 aromatic carbocycles. The zero-order chi connectivity index (χ0) is 12.4. The topological polar surface area (TPSA) is 66.4 Å². The monoisotopic (exact) mass is 229 g/mol. The number of rotatable bonds is 3. The molecule has 0 saturated carbocycles. The molecule has 0 aliphatic carbocycles. The third kappa shape index (κ3) is 1.85. The number of aromatic carboxylic acids is 1. The van der Waals surface area contributed by atoms with Crippen LogP contribution in [0.1, 0.15) is 15.9 Å². The summed E-state index contributed by atoms with van der Waals surface area (Å²) in [5, 5.41) is 13.3. The van der Waals surface area contributed by atoms with Gasteiger partial charge in [0.1, 0.15) is 0 Å². The van der Waals surface area contributed by atoms with E-state index in [2.05, 4.69) is 5.32 Å². The van der Waals surface area contributed by atoms with Gasteiger partial charge in [-0.25, -0.2) is 4.79 Å². The van der Waals surface area contributed by atoms with Gasteiger partial charge in [-0.2, -0.15) is 0 Å². The van der Waals surface area contributed by atoms with Gasteiger partial charge in [0, 0.05) is 5.39 Å². The average Bonchev–Trinajstić information content (AvgIpc) is 2.32. The summed E-state index contributed by atoms with van der Waals surface area (Å²) < 4.78 is 0. The molecular weight excluding hydrogens is 218 g/mol. The first-order chi connectivity index (χ1) is 8.15. The Hall–Kier alpha value is -2.36. The van der Waals surface area contributed by atoms with Crippen LogP contribution in [-0.2, 0) is 4.79 Å². The van der Waals surface area contributed by atoms with Crippen molar-refractivity contribution in [3.8, 4) is 0 Å². The van der Waals surface area contributed by atoms with Gasteiger partial charge >= 0.3 is 5.97 Å². The summed E-state index contributed by atoms with van der Waals surface area (Å²) in [6, 6.07) is 8.95. The van der Waals surface area contributed by atoms with Crippen LogP contribution in [0.25, 0.3) is 10.8 Å². The minimum absolute atomic E-state index is 0.202. The Kier molecular flexibility index (Phi) is 2.78. The normalized spacial score (nSPS) is 10.2. The molecule has 2 rings (SSSR count). The van der Waals surface area contributed by atoms with Crippen LogP contribution in [0, 0.1) is 6.92 Å². The number of benzene rings is 2. The van der Waals surface area contributed by atoms with E-state index < -0.39 is 5.97 Å². The maximum absolute atomic E-state index is 11.1. The molecule has 0 aromatic heterocycles. The second-order valence-corrected chi connectivity index (χ2v) is 3.71. The summed E-state index contributed by atoms with van der Waals surface area (Å²) in [5.74, 6) is -0.998. The van der Waals surface area contributed by atoms with E-state index in [1.165, 1.54) is 0 Å². The SMILES string of the molecule is Cc1c(C(=O)O)cc2ccccc2c1NC=O. The van der Waals surface area contributed by atoms with Crippen molar-refractivity contribution in [2.24, 2.45) is 0 Å². The van der Waals surface area contributed by atoms with Crippen molar-refractivity contribution >= 4 is 28.8 Å². The van der Waals surface area contributed by atoms with Gasteiger partial charge in [0.25, 0.3) is 0 Å². The number of hydrogen-bond donors (Lipinski definition) is 2. The molecule has 0 saturated heterocycles. The molecule has 0 aliphatic heterocycles. The number of carbonyl (C=O) groups excluding carboxylic acids is 1. The molecule has 0 spiro atoms. The minimum Gasteiger partial charge on any atom is -0.478 e. The van der Waals surface area contributed by atoms with Crippen LogP contribution in [0.5, 0.6) is 0 Å². The third-order valence-electron chi connectivity index (χ3n) is 2.74. The summed E-state index contributed by atoms with van der Waals surface area (Å²) in [4.78, 5) is 21.7. The molecule has 4 nitrogen and oxygen atoms in total. The Bertz CT molecular complexity index is 605. The molecule has 0 heterocycles. The van der Waals surface area contributed by atoms with Crippen molar-refractivity contribution < 1.29 is 14.7 Å². The number of anilines is 1. The molecule has 0 aliphatic rings. The standard InChI is InChI=1S/C13H11NO3/c1-8-11(13(16)17)6-9-4-2-3-5-10(9)12(8)14-7-15/h2-7H,1H3,(H,14,15)(H,16,17). The number of fused-ring (bicyclic) bond motifs is 1. The van der Waals surface area contributed by atoms with Crippen molar-refractivity contribution in [3.05, 3.63) is 41.5 Å². The summed E-state index contributed by atoms with van der Waals surface area (Å²) in [5.41, 5.74) is 1.31. The van der Waals surface area contributed by atoms with Gasteiger partial charge in [-0.3, -0.25) is 4.79 Å².